The van der Waals surface area contributed by atoms with Gasteiger partial charge in [-0.25, -0.2) is 0 Å². The molecule has 0 aromatic rings. The number of nitrogens with one attached hydrogen (secondary N) is 1. The molecule has 0 radical (unpaired) electrons. The van der Waals surface area contributed by atoms with Gasteiger partial charge in [0.1, 0.15) is 0 Å². The van der Waals surface area contributed by atoms with E-state index in [1.165, 1.54) is 25.7 Å². The van der Waals surface area contributed by atoms with Crippen molar-refractivity contribution in [3.8, 4) is 0 Å². The van der Waals surface area contributed by atoms with Gasteiger partial charge in [0.15, 0.2) is 0 Å². The number of hydrogen-bond donors (Lipinski definition) is 1. The number of likely N-dealkylation sites (N-methyl/N-ethyl adjacent to an activating group) is 1. The van der Waals surface area contributed by atoms with Gasteiger partial charge >= 0.3 is 0 Å². The zero-order chi connectivity index (χ0) is 14.0. The molecule has 1 aliphatic rings. The van der Waals surface area contributed by atoms with Gasteiger partial charge in [0, 0.05) is 17.6 Å². The Morgan fingerprint density at radius 3 is 2.39 bits per heavy atom. The maximum absolute atomic E-state index is 3.81. The smallest absolute Gasteiger partial charge is 0.0274 e. The second kappa shape index (κ2) is 5.92. The molecule has 0 heterocycles. The summed E-state index contributed by atoms with van der Waals surface area (Å²) in [4.78, 5) is 2.62. The lowest BCUT2D eigenvalue weighted by Crippen LogP contribution is -2.56. The molecule has 108 valence electrons. The molecule has 0 bridgehead atoms. The van der Waals surface area contributed by atoms with Gasteiger partial charge in [-0.2, -0.15) is 0 Å². The summed E-state index contributed by atoms with van der Waals surface area (Å²) >= 11 is 0. The first-order valence-corrected chi connectivity index (χ1v) is 7.72. The lowest BCUT2D eigenvalue weighted by molar-refractivity contribution is 0.0718. The Kier molecular flexibility index (Phi) is 5.25. The van der Waals surface area contributed by atoms with Crippen molar-refractivity contribution in [3.63, 3.8) is 0 Å². The fourth-order valence-corrected chi connectivity index (χ4v) is 3.19. The van der Waals surface area contributed by atoms with Crippen LogP contribution in [0.4, 0.5) is 0 Å². The van der Waals surface area contributed by atoms with Crippen molar-refractivity contribution in [2.24, 2.45) is 5.41 Å². The Labute approximate surface area is 115 Å². The van der Waals surface area contributed by atoms with E-state index in [1.54, 1.807) is 0 Å². The fourth-order valence-electron chi connectivity index (χ4n) is 3.19. The topological polar surface area (TPSA) is 15.3 Å². The minimum absolute atomic E-state index is 0.303. The van der Waals surface area contributed by atoms with Crippen molar-refractivity contribution in [3.05, 3.63) is 0 Å². The fraction of sp³-hybridized carbons (Fsp3) is 1.00. The van der Waals surface area contributed by atoms with Crippen LogP contribution in [0.25, 0.3) is 0 Å². The van der Waals surface area contributed by atoms with Gasteiger partial charge in [-0.05, 0) is 58.5 Å². The summed E-state index contributed by atoms with van der Waals surface area (Å²) in [6.45, 7) is 15.3. The third-order valence-electron chi connectivity index (χ3n) is 5.24. The maximum Gasteiger partial charge on any atom is 0.0274 e. The molecule has 0 aromatic carbocycles. The highest BCUT2D eigenvalue weighted by Crippen LogP contribution is 2.41. The summed E-state index contributed by atoms with van der Waals surface area (Å²) in [5, 5.41) is 3.81. The number of hydrogen-bond acceptors (Lipinski definition) is 2. The van der Waals surface area contributed by atoms with Crippen molar-refractivity contribution in [2.75, 3.05) is 13.6 Å². The van der Waals surface area contributed by atoms with Crippen LogP contribution in [-0.2, 0) is 0 Å². The molecule has 2 atom stereocenters. The molecule has 2 heteroatoms. The van der Waals surface area contributed by atoms with Gasteiger partial charge in [0.05, 0.1) is 0 Å². The van der Waals surface area contributed by atoms with Gasteiger partial charge in [-0.15, -0.1) is 0 Å². The summed E-state index contributed by atoms with van der Waals surface area (Å²) in [6, 6.07) is 1.31. The second-order valence-corrected chi connectivity index (χ2v) is 7.30. The summed E-state index contributed by atoms with van der Waals surface area (Å²) < 4.78 is 0. The summed E-state index contributed by atoms with van der Waals surface area (Å²) in [5.74, 6) is 0. The van der Waals surface area contributed by atoms with Crippen molar-refractivity contribution in [1.29, 1.82) is 0 Å². The highest BCUT2D eigenvalue weighted by atomic mass is 15.2. The van der Waals surface area contributed by atoms with Gasteiger partial charge in [-0.3, -0.25) is 4.90 Å². The molecular formula is C16H34N2. The zero-order valence-corrected chi connectivity index (χ0v) is 13.6. The molecule has 0 spiro atoms. The summed E-state index contributed by atoms with van der Waals surface area (Å²) in [6.07, 6.45) is 5.10. The lowest BCUT2D eigenvalue weighted by atomic mass is 9.85. The Morgan fingerprint density at radius 1 is 1.28 bits per heavy atom. The summed E-state index contributed by atoms with van der Waals surface area (Å²) in [7, 11) is 2.32. The average Bonchev–Trinajstić information content (AvgIpc) is 2.61. The maximum atomic E-state index is 3.81. The average molecular weight is 254 g/mol. The third kappa shape index (κ3) is 3.27. The van der Waals surface area contributed by atoms with E-state index in [0.717, 1.165) is 6.54 Å². The second-order valence-electron chi connectivity index (χ2n) is 7.30. The minimum atomic E-state index is 0.303. The van der Waals surface area contributed by atoms with Crippen LogP contribution in [-0.4, -0.2) is 36.1 Å². The predicted molar refractivity (Wildman–Crippen MR) is 81.0 cm³/mol. The third-order valence-corrected chi connectivity index (χ3v) is 5.24. The van der Waals surface area contributed by atoms with E-state index in [1.807, 2.05) is 0 Å². The van der Waals surface area contributed by atoms with Crippen LogP contribution in [0.5, 0.6) is 0 Å². The molecular weight excluding hydrogens is 220 g/mol. The van der Waals surface area contributed by atoms with Crippen LogP contribution in [0.2, 0.25) is 0 Å². The van der Waals surface area contributed by atoms with Crippen molar-refractivity contribution in [2.45, 2.75) is 84.8 Å². The SMILES string of the molecule is CCCNC1C(N(C)C(C)(C)CC)CCC1(C)C. The molecule has 1 N–H and O–H groups in total. The van der Waals surface area contributed by atoms with Crippen LogP contribution in [0.15, 0.2) is 0 Å². The highest BCUT2D eigenvalue weighted by Gasteiger charge is 2.45. The summed E-state index contributed by atoms with van der Waals surface area (Å²) in [5.41, 5.74) is 0.731. The molecule has 1 saturated carbocycles. The Balaban J connectivity index is 2.80. The predicted octanol–water partition coefficient (Wildman–Crippen LogP) is 3.66. The van der Waals surface area contributed by atoms with E-state index in [-0.39, 0.29) is 0 Å². The molecule has 0 aromatic heterocycles. The molecule has 0 amide bonds. The van der Waals surface area contributed by atoms with Gasteiger partial charge in [0.25, 0.3) is 0 Å². The Bertz CT molecular complexity index is 258. The van der Waals surface area contributed by atoms with Crippen LogP contribution >= 0.6 is 0 Å². The molecule has 1 aliphatic carbocycles. The van der Waals surface area contributed by atoms with Crippen LogP contribution in [0.1, 0.15) is 67.2 Å². The molecule has 1 rings (SSSR count). The van der Waals surface area contributed by atoms with Crippen molar-refractivity contribution < 1.29 is 0 Å². The quantitative estimate of drug-likeness (QED) is 0.778. The van der Waals surface area contributed by atoms with E-state index < -0.39 is 0 Å². The van der Waals surface area contributed by atoms with Gasteiger partial charge in [0.2, 0.25) is 0 Å². The Hall–Kier alpha value is -0.0800. The largest absolute Gasteiger partial charge is 0.312 e. The number of nitrogens with zero attached hydrogens (tertiary/aromatic N) is 1. The van der Waals surface area contributed by atoms with E-state index >= 15 is 0 Å². The van der Waals surface area contributed by atoms with E-state index in [2.05, 4.69) is 58.8 Å². The van der Waals surface area contributed by atoms with Crippen LogP contribution < -0.4 is 5.32 Å². The molecule has 0 aliphatic heterocycles. The first-order chi connectivity index (χ1) is 8.26. The first-order valence-electron chi connectivity index (χ1n) is 7.72. The van der Waals surface area contributed by atoms with Crippen molar-refractivity contribution in [1.82, 2.24) is 10.2 Å². The van der Waals surface area contributed by atoms with Gasteiger partial charge < -0.3 is 5.32 Å². The Morgan fingerprint density at radius 2 is 1.89 bits per heavy atom. The lowest BCUT2D eigenvalue weighted by Gasteiger charge is -2.44. The molecule has 18 heavy (non-hydrogen) atoms. The normalized spacial score (nSPS) is 28.0. The first kappa shape index (κ1) is 16.0. The van der Waals surface area contributed by atoms with E-state index in [4.69, 9.17) is 0 Å². The van der Waals surface area contributed by atoms with Crippen LogP contribution in [0, 0.1) is 5.41 Å². The monoisotopic (exact) mass is 254 g/mol. The molecule has 2 nitrogen and oxygen atoms in total. The van der Waals surface area contributed by atoms with E-state index in [0.29, 0.717) is 23.0 Å². The molecule has 0 saturated heterocycles. The van der Waals surface area contributed by atoms with Crippen molar-refractivity contribution >= 4 is 0 Å². The van der Waals surface area contributed by atoms with E-state index in [9.17, 15) is 0 Å². The zero-order valence-electron chi connectivity index (χ0n) is 13.6. The molecule has 2 unspecified atom stereocenters. The highest BCUT2D eigenvalue weighted by molar-refractivity contribution is 5.02. The van der Waals surface area contributed by atoms with Gasteiger partial charge in [-0.1, -0.05) is 27.7 Å². The van der Waals surface area contributed by atoms with Crippen LogP contribution in [0.3, 0.4) is 0 Å². The molecule has 1 fully saturated rings. The minimum Gasteiger partial charge on any atom is -0.312 e. The number of rotatable bonds is 6. The standard InChI is InChI=1S/C16H34N2/c1-8-12-17-14-13(10-11-15(14,3)4)18(7)16(5,6)9-2/h13-14,17H,8-12H2,1-7H3.